The molecule has 0 aliphatic heterocycles. The van der Waals surface area contributed by atoms with Gasteiger partial charge in [0.1, 0.15) is 0 Å². The number of hydrogen-bond donors (Lipinski definition) is 0. The van der Waals surface area contributed by atoms with Crippen LogP contribution in [-0.4, -0.2) is 0 Å². The van der Waals surface area contributed by atoms with Crippen molar-refractivity contribution in [1.29, 1.82) is 0 Å². The van der Waals surface area contributed by atoms with Crippen LogP contribution < -0.4 is 4.90 Å². The largest absolute Gasteiger partial charge is 0.310 e. The number of anilines is 3. The van der Waals surface area contributed by atoms with Crippen LogP contribution in [0.25, 0.3) is 75.5 Å². The minimum absolute atomic E-state index is 0.129. The van der Waals surface area contributed by atoms with E-state index in [0.717, 1.165) is 17.1 Å². The van der Waals surface area contributed by atoms with E-state index in [1.54, 1.807) is 0 Å². The van der Waals surface area contributed by atoms with Gasteiger partial charge in [0.2, 0.25) is 0 Å². The highest BCUT2D eigenvalue weighted by Crippen LogP contribution is 2.46. The number of benzene rings is 10. The van der Waals surface area contributed by atoms with E-state index < -0.39 is 0 Å². The van der Waals surface area contributed by atoms with Gasteiger partial charge in [-0.3, -0.25) is 0 Å². The molecule has 0 aliphatic rings. The van der Waals surface area contributed by atoms with E-state index >= 15 is 0 Å². The van der Waals surface area contributed by atoms with E-state index in [9.17, 15) is 0 Å². The van der Waals surface area contributed by atoms with Crippen molar-refractivity contribution >= 4 is 59.3 Å². The first-order chi connectivity index (χ1) is 31.1. The van der Waals surface area contributed by atoms with Crippen LogP contribution in [0.2, 0.25) is 0 Å². The van der Waals surface area contributed by atoms with Crippen LogP contribution in [0.4, 0.5) is 17.1 Å². The van der Waals surface area contributed by atoms with Gasteiger partial charge in [0.25, 0.3) is 0 Å². The smallest absolute Gasteiger partial charge is 0.0540 e. The Bertz CT molecular complexity index is 3410. The molecule has 0 saturated heterocycles. The van der Waals surface area contributed by atoms with E-state index in [-0.39, 0.29) is 5.92 Å². The van der Waals surface area contributed by atoms with Gasteiger partial charge in [-0.25, -0.2) is 0 Å². The normalized spacial score (nSPS) is 11.9. The number of thiophene rings is 1. The number of rotatable bonds is 9. The molecule has 1 heterocycles. The second-order valence-electron chi connectivity index (χ2n) is 16.5. The molecule has 0 amide bonds. The topological polar surface area (TPSA) is 3.24 Å². The van der Waals surface area contributed by atoms with Gasteiger partial charge in [0, 0.05) is 42.9 Å². The number of hydrogen-bond acceptors (Lipinski definition) is 2. The van der Waals surface area contributed by atoms with E-state index in [1.807, 2.05) is 11.3 Å². The zero-order valence-electron chi connectivity index (χ0n) is 35.4. The third kappa shape index (κ3) is 7.19. The van der Waals surface area contributed by atoms with E-state index in [1.165, 1.54) is 92.1 Å². The van der Waals surface area contributed by atoms with Gasteiger partial charge in [-0.2, -0.15) is 0 Å². The van der Waals surface area contributed by atoms with Gasteiger partial charge >= 0.3 is 0 Å². The zero-order chi connectivity index (χ0) is 42.3. The summed E-state index contributed by atoms with van der Waals surface area (Å²) in [4.78, 5) is 2.41. The molecule has 11 aromatic rings. The molecule has 0 spiro atoms. The minimum atomic E-state index is 0.129. The Morgan fingerprint density at radius 2 is 1.02 bits per heavy atom. The highest BCUT2D eigenvalue weighted by atomic mass is 32.1. The maximum absolute atomic E-state index is 2.47. The molecule has 63 heavy (non-hydrogen) atoms. The van der Waals surface area contributed by atoms with Gasteiger partial charge in [0.15, 0.2) is 0 Å². The lowest BCUT2D eigenvalue weighted by molar-refractivity contribution is 0.928. The summed E-state index contributed by atoms with van der Waals surface area (Å²) in [6.45, 7) is 4.61. The average Bonchev–Trinajstić information content (AvgIpc) is 3.73. The van der Waals surface area contributed by atoms with Crippen LogP contribution in [0, 0.1) is 6.92 Å². The van der Waals surface area contributed by atoms with Crippen LogP contribution >= 0.6 is 11.3 Å². The Hall–Kier alpha value is -7.52. The highest BCUT2D eigenvalue weighted by molar-refractivity contribution is 7.26. The van der Waals surface area contributed by atoms with Crippen molar-refractivity contribution in [2.24, 2.45) is 0 Å². The summed E-state index contributed by atoms with van der Waals surface area (Å²) in [7, 11) is 0. The zero-order valence-corrected chi connectivity index (χ0v) is 36.2. The molecular formula is C61H45NS. The fourth-order valence-corrected chi connectivity index (χ4v) is 10.6. The van der Waals surface area contributed by atoms with Crippen LogP contribution in [0.15, 0.2) is 231 Å². The Morgan fingerprint density at radius 1 is 0.397 bits per heavy atom. The van der Waals surface area contributed by atoms with Gasteiger partial charge in [0.05, 0.1) is 5.69 Å². The monoisotopic (exact) mass is 823 g/mol. The predicted molar refractivity (Wildman–Crippen MR) is 272 cm³/mol. The molecule has 300 valence electrons. The second kappa shape index (κ2) is 16.4. The Labute approximate surface area is 373 Å². The van der Waals surface area contributed by atoms with Crippen molar-refractivity contribution in [3.63, 3.8) is 0 Å². The molecule has 0 fully saturated rings. The lowest BCUT2D eigenvalue weighted by Gasteiger charge is -2.27. The van der Waals surface area contributed by atoms with Crippen molar-refractivity contribution in [3.8, 4) is 44.5 Å². The Morgan fingerprint density at radius 3 is 1.79 bits per heavy atom. The lowest BCUT2D eigenvalue weighted by atomic mass is 9.83. The van der Waals surface area contributed by atoms with Crippen molar-refractivity contribution in [1.82, 2.24) is 0 Å². The fourth-order valence-electron chi connectivity index (χ4n) is 9.42. The third-order valence-corrected chi connectivity index (χ3v) is 13.9. The van der Waals surface area contributed by atoms with Crippen molar-refractivity contribution in [3.05, 3.63) is 247 Å². The SMILES string of the molecule is Cc1ccccc1-c1cc(-c2ccccc2)ccc1[C@H](C)c1cc(-c2ccc(N(c3cccc(-c4ccccc4)c3)c3cccc4ccccc34)cc2)c2sc3ccccc3c2c1. The molecule has 1 atom stereocenters. The second-order valence-corrected chi connectivity index (χ2v) is 17.6. The van der Waals surface area contributed by atoms with Crippen LogP contribution in [0.5, 0.6) is 0 Å². The first-order valence-corrected chi connectivity index (χ1v) is 22.6. The summed E-state index contributed by atoms with van der Waals surface area (Å²) in [6, 6.07) is 84.6. The molecule has 1 nitrogen and oxygen atoms in total. The molecule has 0 bridgehead atoms. The summed E-state index contributed by atoms with van der Waals surface area (Å²) >= 11 is 1.90. The van der Waals surface area contributed by atoms with Crippen LogP contribution in [0.1, 0.15) is 29.5 Å². The fraction of sp³-hybridized carbons (Fsp3) is 0.0492. The minimum Gasteiger partial charge on any atom is -0.310 e. The number of nitrogens with zero attached hydrogens (tertiary/aromatic N) is 1. The van der Waals surface area contributed by atoms with Crippen molar-refractivity contribution < 1.29 is 0 Å². The van der Waals surface area contributed by atoms with E-state index in [4.69, 9.17) is 0 Å². The molecule has 2 heteroatoms. The maximum Gasteiger partial charge on any atom is 0.0540 e. The van der Waals surface area contributed by atoms with Gasteiger partial charge in [-0.15, -0.1) is 11.3 Å². The summed E-state index contributed by atoms with van der Waals surface area (Å²) in [5.74, 6) is 0.129. The number of fused-ring (bicyclic) bond motifs is 4. The lowest BCUT2D eigenvalue weighted by Crippen LogP contribution is -2.10. The molecule has 0 aliphatic carbocycles. The molecule has 11 rings (SSSR count). The first kappa shape index (κ1) is 38.4. The quantitative estimate of drug-likeness (QED) is 0.140. The van der Waals surface area contributed by atoms with Crippen LogP contribution in [0.3, 0.4) is 0 Å². The standard InChI is InChI=1S/C61H45NS/c1-41-17-9-11-26-52(41)57-38-48(44-20-7-4-8-21-44)33-36-53(57)42(2)49-39-56(61-58(40-49)55-28-13-14-30-60(55)63-61)46-31-34-50(35-32-46)62(59-29-16-23-45-22-10-12-27-54(45)59)51-25-15-24-47(37-51)43-18-5-3-6-19-43/h3-40,42H,1-2H3/t42-/m1/s1. The molecule has 0 N–H and O–H groups in total. The molecule has 0 radical (unpaired) electrons. The summed E-state index contributed by atoms with van der Waals surface area (Å²) in [5, 5.41) is 5.05. The molecular weight excluding hydrogens is 779 g/mol. The summed E-state index contributed by atoms with van der Waals surface area (Å²) < 4.78 is 2.63. The van der Waals surface area contributed by atoms with Gasteiger partial charge in [-0.1, -0.05) is 183 Å². The Balaban J connectivity index is 1.06. The van der Waals surface area contributed by atoms with Crippen molar-refractivity contribution in [2.75, 3.05) is 4.90 Å². The van der Waals surface area contributed by atoms with Crippen LogP contribution in [-0.2, 0) is 0 Å². The average molecular weight is 824 g/mol. The molecule has 10 aromatic carbocycles. The predicted octanol–water partition coefficient (Wildman–Crippen LogP) is 17.8. The maximum atomic E-state index is 2.47. The molecule has 0 saturated carbocycles. The van der Waals surface area contributed by atoms with E-state index in [2.05, 4.69) is 249 Å². The first-order valence-electron chi connectivity index (χ1n) is 21.8. The van der Waals surface area contributed by atoms with Gasteiger partial charge < -0.3 is 4.90 Å². The highest BCUT2D eigenvalue weighted by Gasteiger charge is 2.22. The third-order valence-electron chi connectivity index (χ3n) is 12.7. The molecule has 0 unspecified atom stereocenters. The van der Waals surface area contributed by atoms with Crippen molar-refractivity contribution in [2.45, 2.75) is 19.8 Å². The number of aryl methyl sites for hydroxylation is 1. The summed E-state index contributed by atoms with van der Waals surface area (Å²) in [6.07, 6.45) is 0. The summed E-state index contributed by atoms with van der Waals surface area (Å²) in [5.41, 5.74) is 17.2. The Kier molecular flexibility index (Phi) is 10.00. The molecule has 1 aromatic heterocycles. The van der Waals surface area contributed by atoms with E-state index in [0.29, 0.717) is 0 Å². The van der Waals surface area contributed by atoms with Gasteiger partial charge in [-0.05, 0) is 128 Å².